The fraction of sp³-hybridized carbons (Fsp3) is 0.625. The summed E-state index contributed by atoms with van der Waals surface area (Å²) in [6, 6.07) is 9.71. The Morgan fingerprint density at radius 2 is 1.83 bits per heavy atom. The highest BCUT2D eigenvalue weighted by molar-refractivity contribution is 7.89. The molecule has 0 heterocycles. The maximum atomic E-state index is 13.2. The van der Waals surface area contributed by atoms with Crippen LogP contribution in [-0.4, -0.2) is 51.7 Å². The smallest absolute Gasteiger partial charge is 0.255 e. The second-order valence-electron chi connectivity index (χ2n) is 6.86. The number of sulfonamides is 1. The average Bonchev–Trinajstić information content (AvgIpc) is 2.92. The Kier molecular flexibility index (Phi) is 5.13. The minimum atomic E-state index is -3.73. The number of alkyl halides is 2. The van der Waals surface area contributed by atoms with Gasteiger partial charge in [-0.1, -0.05) is 37.3 Å². The van der Waals surface area contributed by atoms with Crippen LogP contribution >= 0.6 is 0 Å². The van der Waals surface area contributed by atoms with Gasteiger partial charge in [-0.3, -0.25) is 0 Å². The molecule has 0 spiro atoms. The molecule has 0 bridgehead atoms. The van der Waals surface area contributed by atoms with Crippen molar-refractivity contribution < 1.29 is 17.2 Å². The number of benzene rings is 1. The van der Waals surface area contributed by atoms with Crippen LogP contribution in [0.15, 0.2) is 30.3 Å². The Labute approximate surface area is 136 Å². The molecule has 0 aromatic heterocycles. The molecular formula is C16H24F2N2O2S. The highest BCUT2D eigenvalue weighted by Crippen LogP contribution is 2.60. The molecule has 23 heavy (non-hydrogen) atoms. The number of nitrogens with zero attached hydrogens (tertiary/aromatic N) is 1. The normalized spacial score (nSPS) is 24.6. The van der Waals surface area contributed by atoms with Crippen molar-refractivity contribution in [2.24, 2.45) is 5.41 Å². The summed E-state index contributed by atoms with van der Waals surface area (Å²) >= 11 is 0. The predicted octanol–water partition coefficient (Wildman–Crippen LogP) is 2.12. The zero-order valence-electron chi connectivity index (χ0n) is 13.7. The summed E-state index contributed by atoms with van der Waals surface area (Å²) in [5.74, 6) is -3.40. The van der Waals surface area contributed by atoms with Crippen LogP contribution < -0.4 is 4.72 Å². The van der Waals surface area contributed by atoms with Crippen LogP contribution in [0.4, 0.5) is 8.78 Å². The molecule has 2 unspecified atom stereocenters. The van der Waals surface area contributed by atoms with Gasteiger partial charge in [0.15, 0.2) is 0 Å². The fourth-order valence-corrected chi connectivity index (χ4v) is 4.32. The first-order valence-electron chi connectivity index (χ1n) is 7.60. The van der Waals surface area contributed by atoms with Gasteiger partial charge >= 0.3 is 0 Å². The zero-order chi connectivity index (χ0) is 17.3. The Morgan fingerprint density at radius 3 is 2.30 bits per heavy atom. The molecule has 1 saturated carbocycles. The minimum Gasteiger partial charge on any atom is -0.305 e. The summed E-state index contributed by atoms with van der Waals surface area (Å²) in [5, 5.41) is 0. The summed E-state index contributed by atoms with van der Waals surface area (Å²) < 4.78 is 53.1. The predicted molar refractivity (Wildman–Crippen MR) is 87.1 cm³/mol. The standard InChI is InChI=1S/C16H24F2N2O2S/c1-15(11-16(15,17)18)12-23(21,22)19-10-14(20(2)3)9-13-7-5-4-6-8-13/h4-8,14,19H,9-12H2,1-3H3. The van der Waals surface area contributed by atoms with Crippen LogP contribution in [0.3, 0.4) is 0 Å². The van der Waals surface area contributed by atoms with E-state index < -0.39 is 27.1 Å². The highest BCUT2D eigenvalue weighted by Gasteiger charge is 2.69. The largest absolute Gasteiger partial charge is 0.305 e. The van der Waals surface area contributed by atoms with Gasteiger partial charge < -0.3 is 4.90 Å². The molecular weight excluding hydrogens is 322 g/mol. The molecule has 1 aromatic carbocycles. The van der Waals surface area contributed by atoms with Crippen molar-refractivity contribution in [3.8, 4) is 0 Å². The maximum Gasteiger partial charge on any atom is 0.255 e. The van der Waals surface area contributed by atoms with Crippen LogP contribution in [0.1, 0.15) is 18.9 Å². The van der Waals surface area contributed by atoms with Crippen molar-refractivity contribution in [2.75, 3.05) is 26.4 Å². The molecule has 1 aliphatic rings. The molecule has 0 saturated heterocycles. The third kappa shape index (κ3) is 4.71. The maximum absolute atomic E-state index is 13.2. The van der Waals surface area contributed by atoms with Crippen molar-refractivity contribution in [2.45, 2.75) is 31.7 Å². The van der Waals surface area contributed by atoms with Gasteiger partial charge in [0, 0.05) is 19.0 Å². The van der Waals surface area contributed by atoms with E-state index in [-0.39, 0.29) is 19.0 Å². The first-order chi connectivity index (χ1) is 10.5. The monoisotopic (exact) mass is 346 g/mol. The van der Waals surface area contributed by atoms with Gasteiger partial charge in [0.1, 0.15) is 0 Å². The number of rotatable bonds is 8. The third-order valence-electron chi connectivity index (χ3n) is 4.46. The molecule has 1 fully saturated rings. The molecule has 1 aliphatic carbocycles. The number of hydrogen-bond acceptors (Lipinski definition) is 3. The van der Waals surface area contributed by atoms with Crippen molar-refractivity contribution in [1.29, 1.82) is 0 Å². The van der Waals surface area contributed by atoms with E-state index in [1.165, 1.54) is 6.92 Å². The Morgan fingerprint density at radius 1 is 1.26 bits per heavy atom. The van der Waals surface area contributed by atoms with Gasteiger partial charge in [0.05, 0.1) is 11.2 Å². The molecule has 4 nitrogen and oxygen atoms in total. The molecule has 1 aromatic rings. The van der Waals surface area contributed by atoms with Gasteiger partial charge in [-0.25, -0.2) is 21.9 Å². The van der Waals surface area contributed by atoms with E-state index in [2.05, 4.69) is 4.72 Å². The summed E-state index contributed by atoms with van der Waals surface area (Å²) in [4.78, 5) is 1.93. The lowest BCUT2D eigenvalue weighted by molar-refractivity contribution is 0.0769. The Hall–Kier alpha value is -1.05. The number of nitrogens with one attached hydrogen (secondary N) is 1. The van der Waals surface area contributed by atoms with Crippen LogP contribution in [-0.2, 0) is 16.4 Å². The molecule has 7 heteroatoms. The molecule has 0 radical (unpaired) electrons. The zero-order valence-corrected chi connectivity index (χ0v) is 14.5. The second-order valence-corrected chi connectivity index (χ2v) is 8.66. The molecule has 130 valence electrons. The van der Waals surface area contributed by atoms with E-state index in [0.29, 0.717) is 6.42 Å². The van der Waals surface area contributed by atoms with Crippen LogP contribution in [0.25, 0.3) is 0 Å². The Bertz CT molecular complexity index is 635. The third-order valence-corrected chi connectivity index (χ3v) is 6.09. The highest BCUT2D eigenvalue weighted by atomic mass is 32.2. The number of halogens is 2. The van der Waals surface area contributed by atoms with Gasteiger partial charge in [-0.2, -0.15) is 0 Å². The summed E-state index contributed by atoms with van der Waals surface area (Å²) in [5.41, 5.74) is -0.322. The van der Waals surface area contributed by atoms with Crippen molar-refractivity contribution >= 4 is 10.0 Å². The molecule has 2 atom stereocenters. The van der Waals surface area contributed by atoms with Crippen molar-refractivity contribution in [1.82, 2.24) is 9.62 Å². The fourth-order valence-electron chi connectivity index (χ4n) is 2.62. The first kappa shape index (κ1) is 18.3. The van der Waals surface area contributed by atoms with Crippen LogP contribution in [0.2, 0.25) is 0 Å². The SMILES string of the molecule is CN(C)C(CNS(=O)(=O)CC1(C)CC1(F)F)Cc1ccccc1. The quantitative estimate of drug-likeness (QED) is 0.784. The molecule has 0 amide bonds. The number of hydrogen-bond donors (Lipinski definition) is 1. The van der Waals surface area contributed by atoms with Crippen molar-refractivity contribution in [3.05, 3.63) is 35.9 Å². The summed E-state index contributed by atoms with van der Waals surface area (Å²) in [7, 11) is 0.0212. The van der Waals surface area contributed by atoms with Gasteiger partial charge in [-0.05, 0) is 26.1 Å². The van der Waals surface area contributed by atoms with Gasteiger partial charge in [0.25, 0.3) is 5.92 Å². The van der Waals surface area contributed by atoms with Crippen LogP contribution in [0.5, 0.6) is 0 Å². The van der Waals surface area contributed by atoms with Gasteiger partial charge in [-0.15, -0.1) is 0 Å². The lowest BCUT2D eigenvalue weighted by Gasteiger charge is -2.25. The molecule has 1 N–H and O–H groups in total. The van der Waals surface area contributed by atoms with Crippen LogP contribution in [0, 0.1) is 5.41 Å². The lowest BCUT2D eigenvalue weighted by atomic mass is 10.1. The Balaban J connectivity index is 1.93. The second kappa shape index (κ2) is 6.45. The molecule has 2 rings (SSSR count). The topological polar surface area (TPSA) is 49.4 Å². The summed E-state index contributed by atoms with van der Waals surface area (Å²) in [6.45, 7) is 1.52. The van der Waals surface area contributed by atoms with E-state index in [9.17, 15) is 17.2 Å². The average molecular weight is 346 g/mol. The van der Waals surface area contributed by atoms with E-state index in [0.717, 1.165) is 5.56 Å². The van der Waals surface area contributed by atoms with Crippen molar-refractivity contribution in [3.63, 3.8) is 0 Å². The van der Waals surface area contributed by atoms with E-state index in [1.54, 1.807) is 0 Å². The minimum absolute atomic E-state index is 0.0419. The van der Waals surface area contributed by atoms with Gasteiger partial charge in [0.2, 0.25) is 10.0 Å². The van der Waals surface area contributed by atoms with E-state index in [4.69, 9.17) is 0 Å². The molecule has 0 aliphatic heterocycles. The van der Waals surface area contributed by atoms with E-state index in [1.807, 2.05) is 49.3 Å². The summed E-state index contributed by atoms with van der Waals surface area (Å²) in [6.07, 6.45) is 0.325. The van der Waals surface area contributed by atoms with E-state index >= 15 is 0 Å². The number of likely N-dealkylation sites (N-methyl/N-ethyl adjacent to an activating group) is 1. The lowest BCUT2D eigenvalue weighted by Crippen LogP contribution is -2.43. The first-order valence-corrected chi connectivity index (χ1v) is 9.25.